The zero-order valence-corrected chi connectivity index (χ0v) is 22.7. The predicted molar refractivity (Wildman–Crippen MR) is 144 cm³/mol. The van der Waals surface area contributed by atoms with Crippen LogP contribution in [-0.2, 0) is 30.5 Å². The molecule has 3 aromatic rings. The first-order valence-electron chi connectivity index (χ1n) is 12.2. The number of non-ortho nitro benzene ring substituents is 1. The molecule has 0 saturated carbocycles. The lowest BCUT2D eigenvalue weighted by Gasteiger charge is -2.28. The van der Waals surface area contributed by atoms with Crippen LogP contribution in [0.15, 0.2) is 48.7 Å². The number of phenolic OH excluding ortho intramolecular Hbond substituents is 2. The SMILES string of the molecule is COc1cc(CN(Cc2ccccn2)Cc2cc([N+](=O)[O-])cc(C(C)(C)C)c2O)c(O)c(C(C)(C)C)c1. The molecule has 8 nitrogen and oxygen atoms in total. The Hall–Kier alpha value is -3.65. The first kappa shape index (κ1) is 27.9. The molecule has 1 heterocycles. The number of pyridine rings is 1. The molecule has 1 aromatic heterocycles. The van der Waals surface area contributed by atoms with Gasteiger partial charge in [-0.25, -0.2) is 0 Å². The molecule has 0 spiro atoms. The lowest BCUT2D eigenvalue weighted by molar-refractivity contribution is -0.385. The van der Waals surface area contributed by atoms with Gasteiger partial charge < -0.3 is 14.9 Å². The largest absolute Gasteiger partial charge is 0.507 e. The van der Waals surface area contributed by atoms with E-state index in [4.69, 9.17) is 4.74 Å². The topological polar surface area (TPSA) is 109 Å². The first-order chi connectivity index (χ1) is 17.2. The van der Waals surface area contributed by atoms with Crippen molar-refractivity contribution in [3.63, 3.8) is 0 Å². The predicted octanol–water partition coefficient (Wildman–Crippen LogP) is 6.21. The van der Waals surface area contributed by atoms with Crippen molar-refractivity contribution < 1.29 is 19.9 Å². The maximum Gasteiger partial charge on any atom is 0.270 e. The summed E-state index contributed by atoms with van der Waals surface area (Å²) in [5.41, 5.74) is 2.26. The Bertz CT molecular complexity index is 1260. The molecule has 0 aliphatic carbocycles. The summed E-state index contributed by atoms with van der Waals surface area (Å²) in [6, 6.07) is 12.1. The smallest absolute Gasteiger partial charge is 0.270 e. The monoisotopic (exact) mass is 507 g/mol. The van der Waals surface area contributed by atoms with Crippen molar-refractivity contribution in [2.75, 3.05) is 7.11 Å². The van der Waals surface area contributed by atoms with E-state index in [0.717, 1.165) is 11.3 Å². The maximum atomic E-state index is 11.7. The Kier molecular flexibility index (Phi) is 8.12. The molecule has 0 amide bonds. The van der Waals surface area contributed by atoms with Crippen LogP contribution in [0.2, 0.25) is 0 Å². The van der Waals surface area contributed by atoms with Gasteiger partial charge in [0.05, 0.1) is 17.7 Å². The van der Waals surface area contributed by atoms with E-state index >= 15 is 0 Å². The molecule has 0 aliphatic heterocycles. The Morgan fingerprint density at radius 3 is 1.95 bits per heavy atom. The fraction of sp³-hybridized carbons (Fsp3) is 0.414. The van der Waals surface area contributed by atoms with Gasteiger partial charge in [-0.2, -0.15) is 0 Å². The third kappa shape index (κ3) is 6.77. The van der Waals surface area contributed by atoms with Crippen LogP contribution in [0, 0.1) is 10.1 Å². The number of benzene rings is 2. The number of ether oxygens (including phenoxy) is 1. The van der Waals surface area contributed by atoms with Crippen LogP contribution < -0.4 is 4.74 Å². The normalized spacial score (nSPS) is 12.1. The average molecular weight is 508 g/mol. The quantitative estimate of drug-likeness (QED) is 0.276. The Morgan fingerprint density at radius 2 is 1.46 bits per heavy atom. The number of nitro benzene ring substituents is 1. The highest BCUT2D eigenvalue weighted by atomic mass is 16.6. The number of hydrogen-bond acceptors (Lipinski definition) is 7. The molecular formula is C29H37N3O5. The van der Waals surface area contributed by atoms with Gasteiger partial charge in [0, 0.05) is 60.2 Å². The number of hydrogen-bond donors (Lipinski definition) is 2. The summed E-state index contributed by atoms with van der Waals surface area (Å²) in [6.07, 6.45) is 1.71. The second kappa shape index (κ2) is 10.8. The van der Waals surface area contributed by atoms with E-state index in [1.54, 1.807) is 19.4 Å². The molecule has 0 aliphatic rings. The van der Waals surface area contributed by atoms with Crippen molar-refractivity contribution in [1.29, 1.82) is 0 Å². The molecule has 2 N–H and O–H groups in total. The Labute approximate surface area is 218 Å². The highest BCUT2D eigenvalue weighted by Crippen LogP contribution is 2.39. The number of nitrogens with zero attached hydrogens (tertiary/aromatic N) is 3. The molecule has 0 bridgehead atoms. The van der Waals surface area contributed by atoms with Crippen molar-refractivity contribution in [2.45, 2.75) is 72.0 Å². The highest BCUT2D eigenvalue weighted by molar-refractivity contribution is 5.52. The second-order valence-electron chi connectivity index (χ2n) is 11.4. The van der Waals surface area contributed by atoms with Crippen LogP contribution in [0.3, 0.4) is 0 Å². The van der Waals surface area contributed by atoms with Gasteiger partial charge in [0.15, 0.2) is 0 Å². The molecule has 0 saturated heterocycles. The molecule has 0 atom stereocenters. The van der Waals surface area contributed by atoms with Gasteiger partial charge >= 0.3 is 0 Å². The van der Waals surface area contributed by atoms with E-state index in [2.05, 4.69) is 4.98 Å². The van der Waals surface area contributed by atoms with E-state index in [9.17, 15) is 20.3 Å². The van der Waals surface area contributed by atoms with Gasteiger partial charge in [0.25, 0.3) is 5.69 Å². The highest BCUT2D eigenvalue weighted by Gasteiger charge is 2.27. The van der Waals surface area contributed by atoms with Crippen molar-refractivity contribution in [3.8, 4) is 17.2 Å². The van der Waals surface area contributed by atoms with Gasteiger partial charge in [-0.1, -0.05) is 47.6 Å². The first-order valence-corrected chi connectivity index (χ1v) is 12.2. The zero-order chi connectivity index (χ0) is 27.5. The maximum absolute atomic E-state index is 11.7. The van der Waals surface area contributed by atoms with Gasteiger partial charge in [0.1, 0.15) is 17.2 Å². The van der Waals surface area contributed by atoms with E-state index in [0.29, 0.717) is 35.5 Å². The summed E-state index contributed by atoms with van der Waals surface area (Å²) in [5, 5.41) is 34.1. The number of nitro groups is 1. The minimum Gasteiger partial charge on any atom is -0.507 e. The summed E-state index contributed by atoms with van der Waals surface area (Å²) >= 11 is 0. The van der Waals surface area contributed by atoms with Gasteiger partial charge in [-0.15, -0.1) is 0 Å². The van der Waals surface area contributed by atoms with E-state index < -0.39 is 10.3 Å². The summed E-state index contributed by atoms with van der Waals surface area (Å²) in [7, 11) is 1.59. The summed E-state index contributed by atoms with van der Waals surface area (Å²) in [6.45, 7) is 12.7. The summed E-state index contributed by atoms with van der Waals surface area (Å²) < 4.78 is 5.52. The van der Waals surface area contributed by atoms with Gasteiger partial charge in [-0.3, -0.25) is 20.0 Å². The van der Waals surface area contributed by atoms with Crippen molar-refractivity contribution in [3.05, 3.63) is 86.7 Å². The van der Waals surface area contributed by atoms with E-state index in [1.165, 1.54) is 12.1 Å². The van der Waals surface area contributed by atoms with E-state index in [-0.39, 0.29) is 29.1 Å². The van der Waals surface area contributed by atoms with Crippen LogP contribution in [0.25, 0.3) is 0 Å². The lowest BCUT2D eigenvalue weighted by atomic mass is 9.84. The Morgan fingerprint density at radius 1 is 0.892 bits per heavy atom. The third-order valence-corrected chi connectivity index (χ3v) is 6.30. The van der Waals surface area contributed by atoms with Gasteiger partial charge in [0.2, 0.25) is 0 Å². The third-order valence-electron chi connectivity index (χ3n) is 6.30. The average Bonchev–Trinajstić information content (AvgIpc) is 2.80. The zero-order valence-electron chi connectivity index (χ0n) is 22.7. The summed E-state index contributed by atoms with van der Waals surface area (Å²) in [5.74, 6) is 0.844. The summed E-state index contributed by atoms with van der Waals surface area (Å²) in [4.78, 5) is 17.7. The molecule has 8 heteroatoms. The fourth-order valence-corrected chi connectivity index (χ4v) is 4.32. The van der Waals surface area contributed by atoms with Gasteiger partial charge in [-0.05, 0) is 35.1 Å². The number of rotatable bonds is 8. The van der Waals surface area contributed by atoms with Crippen LogP contribution >= 0.6 is 0 Å². The number of aromatic hydroxyl groups is 2. The van der Waals surface area contributed by atoms with Crippen molar-refractivity contribution >= 4 is 5.69 Å². The Balaban J connectivity index is 2.11. The molecule has 198 valence electrons. The standard InChI is InChI=1S/C29H37N3O5/c1-28(2,3)24-14-22(32(35)36)12-19(26(24)33)16-31(18-21-10-8-9-11-30-21)17-20-13-23(37-7)15-25(27(20)34)29(4,5)6/h8-15,33-34H,16-18H2,1-7H3. The van der Waals surface area contributed by atoms with Crippen LogP contribution in [0.5, 0.6) is 17.2 Å². The lowest BCUT2D eigenvalue weighted by Crippen LogP contribution is -2.24. The van der Waals surface area contributed by atoms with Crippen molar-refractivity contribution in [1.82, 2.24) is 9.88 Å². The molecule has 3 rings (SSSR count). The fourth-order valence-electron chi connectivity index (χ4n) is 4.32. The van der Waals surface area contributed by atoms with Crippen LogP contribution in [-0.4, -0.2) is 32.1 Å². The number of phenols is 2. The van der Waals surface area contributed by atoms with Crippen molar-refractivity contribution in [2.24, 2.45) is 0 Å². The number of aromatic nitrogens is 1. The molecule has 0 unspecified atom stereocenters. The molecular weight excluding hydrogens is 470 g/mol. The van der Waals surface area contributed by atoms with Crippen LogP contribution in [0.4, 0.5) is 5.69 Å². The molecule has 2 aromatic carbocycles. The minimum atomic E-state index is -0.497. The molecule has 37 heavy (non-hydrogen) atoms. The van der Waals surface area contributed by atoms with Crippen LogP contribution in [0.1, 0.15) is 69.5 Å². The molecule has 0 fully saturated rings. The molecule has 0 radical (unpaired) electrons. The number of methoxy groups -OCH3 is 1. The minimum absolute atomic E-state index is 0.0364. The second-order valence-corrected chi connectivity index (χ2v) is 11.4. The van der Waals surface area contributed by atoms with E-state index in [1.807, 2.05) is 70.7 Å².